The van der Waals surface area contributed by atoms with Crippen LogP contribution in [0, 0.1) is 5.41 Å². The first-order chi connectivity index (χ1) is 7.44. The van der Waals surface area contributed by atoms with Crippen LogP contribution in [0.3, 0.4) is 0 Å². The summed E-state index contributed by atoms with van der Waals surface area (Å²) in [5.74, 6) is 0. The molecule has 2 fully saturated rings. The molecule has 0 aromatic rings. The minimum absolute atomic E-state index is 0.140. The molecule has 0 aromatic carbocycles. The predicted octanol–water partition coefficient (Wildman–Crippen LogP) is 1.35. The Bertz CT molecular complexity index is 254. The third-order valence-electron chi connectivity index (χ3n) is 4.39. The molecule has 2 atom stereocenters. The SMILES string of the molecule is CC1(C)CCN(C2CCCC(N)(CO)C2)C1. The summed E-state index contributed by atoms with van der Waals surface area (Å²) in [5, 5.41) is 9.37. The van der Waals surface area contributed by atoms with Crippen molar-refractivity contribution in [2.24, 2.45) is 11.1 Å². The highest BCUT2D eigenvalue weighted by molar-refractivity contribution is 4.96. The molecule has 16 heavy (non-hydrogen) atoms. The van der Waals surface area contributed by atoms with Gasteiger partial charge in [-0.05, 0) is 44.1 Å². The summed E-state index contributed by atoms with van der Waals surface area (Å²) in [6.45, 7) is 7.23. The average Bonchev–Trinajstić information content (AvgIpc) is 2.59. The second-order valence-corrected chi connectivity index (χ2v) is 6.66. The van der Waals surface area contributed by atoms with Gasteiger partial charge in [-0.3, -0.25) is 4.90 Å². The van der Waals surface area contributed by atoms with Crippen LogP contribution in [0.4, 0.5) is 0 Å². The van der Waals surface area contributed by atoms with E-state index in [1.165, 1.54) is 32.4 Å². The zero-order valence-electron chi connectivity index (χ0n) is 10.7. The molecule has 2 rings (SSSR count). The fraction of sp³-hybridized carbons (Fsp3) is 1.00. The Kier molecular flexibility index (Phi) is 3.30. The van der Waals surface area contributed by atoms with E-state index < -0.39 is 0 Å². The van der Waals surface area contributed by atoms with Gasteiger partial charge in [0.05, 0.1) is 6.61 Å². The number of hydrogen-bond acceptors (Lipinski definition) is 3. The fourth-order valence-corrected chi connectivity index (χ4v) is 3.28. The topological polar surface area (TPSA) is 49.5 Å². The third kappa shape index (κ3) is 2.58. The molecule has 1 saturated carbocycles. The second kappa shape index (κ2) is 4.28. The van der Waals surface area contributed by atoms with Crippen LogP contribution in [0.5, 0.6) is 0 Å². The van der Waals surface area contributed by atoms with E-state index in [0.717, 1.165) is 12.8 Å². The van der Waals surface area contributed by atoms with Crippen molar-refractivity contribution >= 4 is 0 Å². The molecule has 0 spiro atoms. The summed E-state index contributed by atoms with van der Waals surface area (Å²) < 4.78 is 0. The number of nitrogens with zero attached hydrogens (tertiary/aromatic N) is 1. The van der Waals surface area contributed by atoms with Crippen molar-refractivity contribution < 1.29 is 5.11 Å². The minimum atomic E-state index is -0.310. The summed E-state index contributed by atoms with van der Waals surface area (Å²) in [6.07, 6.45) is 5.67. The molecule has 0 aromatic heterocycles. The number of aliphatic hydroxyl groups is 1. The number of likely N-dealkylation sites (tertiary alicyclic amines) is 1. The minimum Gasteiger partial charge on any atom is -0.394 e. The molecule has 2 unspecified atom stereocenters. The highest BCUT2D eigenvalue weighted by atomic mass is 16.3. The van der Waals surface area contributed by atoms with Crippen LogP contribution in [0.1, 0.15) is 46.0 Å². The predicted molar refractivity (Wildman–Crippen MR) is 66.2 cm³/mol. The summed E-state index contributed by atoms with van der Waals surface area (Å²) in [5.41, 5.74) is 6.36. The zero-order valence-corrected chi connectivity index (χ0v) is 10.7. The first kappa shape index (κ1) is 12.3. The van der Waals surface area contributed by atoms with Gasteiger partial charge in [-0.25, -0.2) is 0 Å². The highest BCUT2D eigenvalue weighted by Crippen LogP contribution is 2.36. The van der Waals surface area contributed by atoms with E-state index in [2.05, 4.69) is 18.7 Å². The van der Waals surface area contributed by atoms with Gasteiger partial charge in [0.15, 0.2) is 0 Å². The van der Waals surface area contributed by atoms with Crippen LogP contribution in [0.15, 0.2) is 0 Å². The lowest BCUT2D eigenvalue weighted by molar-refractivity contribution is 0.0889. The van der Waals surface area contributed by atoms with Crippen LogP contribution in [-0.4, -0.2) is 41.3 Å². The van der Waals surface area contributed by atoms with Gasteiger partial charge < -0.3 is 10.8 Å². The molecular weight excluding hydrogens is 200 g/mol. The maximum atomic E-state index is 9.37. The van der Waals surface area contributed by atoms with Crippen molar-refractivity contribution in [2.75, 3.05) is 19.7 Å². The summed E-state index contributed by atoms with van der Waals surface area (Å²) in [7, 11) is 0. The Morgan fingerprint density at radius 2 is 2.12 bits per heavy atom. The van der Waals surface area contributed by atoms with Gasteiger partial charge in [-0.2, -0.15) is 0 Å². The van der Waals surface area contributed by atoms with Gasteiger partial charge in [0, 0.05) is 18.1 Å². The quantitative estimate of drug-likeness (QED) is 0.747. The summed E-state index contributed by atoms with van der Waals surface area (Å²) in [4.78, 5) is 2.59. The van der Waals surface area contributed by atoms with Crippen molar-refractivity contribution in [1.29, 1.82) is 0 Å². The van der Waals surface area contributed by atoms with Crippen molar-refractivity contribution in [3.8, 4) is 0 Å². The molecule has 1 heterocycles. The first-order valence-corrected chi connectivity index (χ1v) is 6.58. The second-order valence-electron chi connectivity index (χ2n) is 6.66. The lowest BCUT2D eigenvalue weighted by Crippen LogP contribution is -2.52. The van der Waals surface area contributed by atoms with Gasteiger partial charge in [-0.15, -0.1) is 0 Å². The molecule has 3 N–H and O–H groups in total. The van der Waals surface area contributed by atoms with Gasteiger partial charge in [0.25, 0.3) is 0 Å². The van der Waals surface area contributed by atoms with Crippen LogP contribution in [0.25, 0.3) is 0 Å². The van der Waals surface area contributed by atoms with Crippen LogP contribution in [-0.2, 0) is 0 Å². The molecule has 94 valence electrons. The summed E-state index contributed by atoms with van der Waals surface area (Å²) in [6, 6.07) is 0.604. The number of nitrogens with two attached hydrogens (primary N) is 1. The van der Waals surface area contributed by atoms with E-state index in [1.807, 2.05) is 0 Å². The Labute approximate surface area is 99.0 Å². The Morgan fingerprint density at radius 3 is 2.69 bits per heavy atom. The lowest BCUT2D eigenvalue weighted by Gasteiger charge is -2.41. The van der Waals surface area contributed by atoms with Gasteiger partial charge in [0.2, 0.25) is 0 Å². The molecule has 0 radical (unpaired) electrons. The molecule has 2 aliphatic rings. The zero-order chi connectivity index (χ0) is 11.8. The van der Waals surface area contributed by atoms with E-state index >= 15 is 0 Å². The average molecular weight is 226 g/mol. The van der Waals surface area contributed by atoms with Crippen LogP contribution < -0.4 is 5.73 Å². The van der Waals surface area contributed by atoms with E-state index in [1.54, 1.807) is 0 Å². The molecule has 0 amide bonds. The third-order valence-corrected chi connectivity index (χ3v) is 4.39. The molecular formula is C13H26N2O. The number of rotatable bonds is 2. The Balaban J connectivity index is 1.95. The van der Waals surface area contributed by atoms with Crippen LogP contribution >= 0.6 is 0 Å². The smallest absolute Gasteiger partial charge is 0.0611 e. The monoisotopic (exact) mass is 226 g/mol. The molecule has 1 aliphatic heterocycles. The summed E-state index contributed by atoms with van der Waals surface area (Å²) >= 11 is 0. The standard InChI is InChI=1S/C13H26N2O/c1-12(2)6-7-15(9-12)11-4-3-5-13(14,8-11)10-16/h11,16H,3-10,14H2,1-2H3. The number of aliphatic hydroxyl groups excluding tert-OH is 1. The lowest BCUT2D eigenvalue weighted by atomic mass is 9.79. The largest absolute Gasteiger partial charge is 0.394 e. The van der Waals surface area contributed by atoms with Crippen molar-refractivity contribution in [3.05, 3.63) is 0 Å². The molecule has 0 bridgehead atoms. The van der Waals surface area contributed by atoms with Crippen molar-refractivity contribution in [2.45, 2.75) is 57.5 Å². The van der Waals surface area contributed by atoms with Gasteiger partial charge in [-0.1, -0.05) is 13.8 Å². The Hall–Kier alpha value is -0.120. The van der Waals surface area contributed by atoms with Crippen LogP contribution in [0.2, 0.25) is 0 Å². The molecule has 3 heteroatoms. The van der Waals surface area contributed by atoms with Crippen molar-refractivity contribution in [3.63, 3.8) is 0 Å². The van der Waals surface area contributed by atoms with Gasteiger partial charge in [0.1, 0.15) is 0 Å². The molecule has 3 nitrogen and oxygen atoms in total. The van der Waals surface area contributed by atoms with E-state index in [4.69, 9.17) is 5.73 Å². The van der Waals surface area contributed by atoms with E-state index in [9.17, 15) is 5.11 Å². The van der Waals surface area contributed by atoms with E-state index in [0.29, 0.717) is 11.5 Å². The fourth-order valence-electron chi connectivity index (χ4n) is 3.28. The maximum absolute atomic E-state index is 9.37. The van der Waals surface area contributed by atoms with Gasteiger partial charge >= 0.3 is 0 Å². The maximum Gasteiger partial charge on any atom is 0.0611 e. The van der Waals surface area contributed by atoms with Crippen molar-refractivity contribution in [1.82, 2.24) is 4.90 Å². The normalized spacial score (nSPS) is 40.1. The molecule has 1 saturated heterocycles. The highest BCUT2D eigenvalue weighted by Gasteiger charge is 2.39. The number of hydrogen-bond donors (Lipinski definition) is 2. The van der Waals surface area contributed by atoms with E-state index in [-0.39, 0.29) is 12.1 Å². The molecule has 1 aliphatic carbocycles. The first-order valence-electron chi connectivity index (χ1n) is 6.58. The Morgan fingerprint density at radius 1 is 1.38 bits per heavy atom.